The molecular formula is C58H39N3. The predicted octanol–water partition coefficient (Wildman–Crippen LogP) is 13.7. The van der Waals surface area contributed by atoms with Crippen molar-refractivity contribution in [1.29, 1.82) is 0 Å². The molecule has 1 heterocycles. The van der Waals surface area contributed by atoms with Gasteiger partial charge in [-0.1, -0.05) is 206 Å². The first-order valence-electron chi connectivity index (χ1n) is 21.0. The summed E-state index contributed by atoms with van der Waals surface area (Å²) in [5.41, 5.74) is 12.6. The van der Waals surface area contributed by atoms with Gasteiger partial charge in [0.2, 0.25) is 0 Å². The first-order valence-corrected chi connectivity index (χ1v) is 21.0. The van der Waals surface area contributed by atoms with Gasteiger partial charge in [-0.05, 0) is 101 Å². The molecule has 10 aromatic rings. The van der Waals surface area contributed by atoms with Gasteiger partial charge in [0.15, 0.2) is 6.17 Å². The maximum Gasteiger partial charge on any atom is 0.169 e. The van der Waals surface area contributed by atoms with Gasteiger partial charge in [-0.2, -0.15) is 0 Å². The van der Waals surface area contributed by atoms with E-state index >= 15 is 0 Å². The number of nitrogens with one attached hydrogen (secondary N) is 1. The SMILES string of the molecule is c1ccc(C2=NC(c3ccc4c5ccccc5c5ccccc5c4c3)N=C(c3cccc(-c4ccc5c(c4)-c4ccccc4C5(c4ccccc4)c4ccccc4)c3)N2)cc1. The van der Waals surface area contributed by atoms with Crippen LogP contribution in [-0.4, -0.2) is 11.7 Å². The highest BCUT2D eigenvalue weighted by atomic mass is 15.2. The third-order valence-electron chi connectivity index (χ3n) is 12.8. The van der Waals surface area contributed by atoms with Crippen LogP contribution in [0.25, 0.3) is 54.6 Å². The van der Waals surface area contributed by atoms with Gasteiger partial charge >= 0.3 is 0 Å². The van der Waals surface area contributed by atoms with Gasteiger partial charge in [-0.3, -0.25) is 0 Å². The van der Waals surface area contributed by atoms with Crippen molar-refractivity contribution in [3.05, 3.63) is 263 Å². The highest BCUT2D eigenvalue weighted by molar-refractivity contribution is 6.25. The first kappa shape index (κ1) is 35.1. The number of fused-ring (bicyclic) bond motifs is 9. The van der Waals surface area contributed by atoms with E-state index in [1.165, 1.54) is 65.7 Å². The standard InChI is InChI=1S/C58H39N3/c1-4-17-38(18-5-1)55-59-56(61-57(60-55)42-31-33-49-47-27-11-10-25-45(47)46-26-12-13-28-48(46)51(49)37-42)41-20-16-19-39(35-41)40-32-34-54-52(36-40)50-29-14-15-30-53(50)58(54,43-21-6-2-7-22-43)44-23-8-3-9-24-44/h1-37,57H,(H,59,60,61). The molecule has 12 rings (SSSR count). The molecule has 2 aliphatic rings. The fourth-order valence-corrected chi connectivity index (χ4v) is 10.0. The molecule has 0 spiro atoms. The van der Waals surface area contributed by atoms with E-state index < -0.39 is 11.6 Å². The zero-order valence-electron chi connectivity index (χ0n) is 33.3. The third-order valence-corrected chi connectivity index (χ3v) is 12.8. The minimum Gasteiger partial charge on any atom is -0.324 e. The van der Waals surface area contributed by atoms with E-state index in [1.807, 2.05) is 6.07 Å². The Balaban J connectivity index is 0.984. The fraction of sp³-hybridized carbons (Fsp3) is 0.0345. The van der Waals surface area contributed by atoms with Crippen molar-refractivity contribution in [2.75, 3.05) is 0 Å². The Morgan fingerprint density at radius 3 is 1.49 bits per heavy atom. The molecule has 1 N–H and O–H groups in total. The average Bonchev–Trinajstić information content (AvgIpc) is 3.65. The Hall–Kier alpha value is -7.88. The fourth-order valence-electron chi connectivity index (χ4n) is 10.0. The molecule has 0 saturated heterocycles. The Kier molecular flexibility index (Phi) is 8.14. The summed E-state index contributed by atoms with van der Waals surface area (Å²) in [7, 11) is 0. The van der Waals surface area contributed by atoms with Crippen LogP contribution < -0.4 is 5.32 Å². The van der Waals surface area contributed by atoms with Gasteiger partial charge in [0.1, 0.15) is 11.7 Å². The van der Waals surface area contributed by atoms with Crippen molar-refractivity contribution in [2.24, 2.45) is 9.98 Å². The minimum atomic E-state index is -0.440. The van der Waals surface area contributed by atoms with E-state index in [4.69, 9.17) is 9.98 Å². The molecule has 1 aliphatic heterocycles. The van der Waals surface area contributed by atoms with Gasteiger partial charge in [-0.15, -0.1) is 0 Å². The van der Waals surface area contributed by atoms with E-state index in [9.17, 15) is 0 Å². The summed E-state index contributed by atoms with van der Waals surface area (Å²) in [6.07, 6.45) is -0.440. The van der Waals surface area contributed by atoms with Crippen molar-refractivity contribution in [1.82, 2.24) is 5.32 Å². The normalized spacial score (nSPS) is 15.2. The van der Waals surface area contributed by atoms with Gasteiger partial charge < -0.3 is 5.32 Å². The molecule has 3 heteroatoms. The molecule has 3 nitrogen and oxygen atoms in total. The average molecular weight is 778 g/mol. The van der Waals surface area contributed by atoms with Gasteiger partial charge in [0.25, 0.3) is 0 Å². The smallest absolute Gasteiger partial charge is 0.169 e. The second kappa shape index (κ2) is 14.1. The summed E-state index contributed by atoms with van der Waals surface area (Å²) >= 11 is 0. The summed E-state index contributed by atoms with van der Waals surface area (Å²) in [6.45, 7) is 0. The van der Waals surface area contributed by atoms with Crippen LogP contribution in [0.4, 0.5) is 0 Å². The van der Waals surface area contributed by atoms with Crippen LogP contribution in [0.15, 0.2) is 234 Å². The van der Waals surface area contributed by atoms with Gasteiger partial charge in [-0.25, -0.2) is 9.98 Å². The molecule has 0 saturated carbocycles. The van der Waals surface area contributed by atoms with Crippen LogP contribution >= 0.6 is 0 Å². The molecular weight excluding hydrogens is 739 g/mol. The molecule has 1 unspecified atom stereocenters. The quantitative estimate of drug-likeness (QED) is 0.168. The van der Waals surface area contributed by atoms with Crippen LogP contribution in [0, 0.1) is 0 Å². The number of aliphatic imine (C=N–C) groups is 2. The van der Waals surface area contributed by atoms with E-state index in [0.717, 1.165) is 39.5 Å². The Labute approximate surface area is 355 Å². The zero-order valence-corrected chi connectivity index (χ0v) is 33.3. The minimum absolute atomic E-state index is 0.431. The van der Waals surface area contributed by atoms with Crippen LogP contribution in [0.5, 0.6) is 0 Å². The van der Waals surface area contributed by atoms with Crippen LogP contribution in [-0.2, 0) is 5.41 Å². The Morgan fingerprint density at radius 1 is 0.328 bits per heavy atom. The molecule has 286 valence electrons. The lowest BCUT2D eigenvalue weighted by Crippen LogP contribution is -2.36. The number of hydrogen-bond donors (Lipinski definition) is 1. The topological polar surface area (TPSA) is 36.8 Å². The number of rotatable bonds is 6. The molecule has 0 amide bonds. The molecule has 1 atom stereocenters. The number of hydrogen-bond acceptors (Lipinski definition) is 3. The molecule has 1 aliphatic carbocycles. The lowest BCUT2D eigenvalue weighted by molar-refractivity contribution is 0.757. The van der Waals surface area contributed by atoms with Crippen LogP contribution in [0.3, 0.4) is 0 Å². The Bertz CT molecular complexity index is 3310. The summed E-state index contributed by atoms with van der Waals surface area (Å²) in [5.74, 6) is 1.60. The van der Waals surface area contributed by atoms with Crippen molar-refractivity contribution in [2.45, 2.75) is 11.6 Å². The lowest BCUT2D eigenvalue weighted by atomic mass is 9.67. The molecule has 0 fully saturated rings. The second-order valence-electron chi connectivity index (χ2n) is 16.1. The maximum atomic E-state index is 5.37. The Morgan fingerprint density at radius 2 is 0.820 bits per heavy atom. The summed E-state index contributed by atoms with van der Waals surface area (Å²) in [5, 5.41) is 11.1. The highest BCUT2D eigenvalue weighted by Crippen LogP contribution is 2.56. The predicted molar refractivity (Wildman–Crippen MR) is 254 cm³/mol. The first-order chi connectivity index (χ1) is 30.2. The lowest BCUT2D eigenvalue weighted by Gasteiger charge is -2.33. The van der Waals surface area contributed by atoms with E-state index in [1.54, 1.807) is 0 Å². The summed E-state index contributed by atoms with van der Waals surface area (Å²) < 4.78 is 0. The van der Waals surface area contributed by atoms with Crippen LogP contribution in [0.2, 0.25) is 0 Å². The van der Waals surface area contributed by atoms with Crippen molar-refractivity contribution < 1.29 is 0 Å². The largest absolute Gasteiger partial charge is 0.324 e. The van der Waals surface area contributed by atoms with E-state index in [-0.39, 0.29) is 0 Å². The highest BCUT2D eigenvalue weighted by Gasteiger charge is 2.46. The van der Waals surface area contributed by atoms with Crippen molar-refractivity contribution in [3.63, 3.8) is 0 Å². The van der Waals surface area contributed by atoms with Gasteiger partial charge in [0, 0.05) is 11.1 Å². The van der Waals surface area contributed by atoms with E-state index in [0.29, 0.717) is 0 Å². The number of benzene rings is 10. The molecule has 0 radical (unpaired) electrons. The molecule has 0 bridgehead atoms. The monoisotopic (exact) mass is 777 g/mol. The van der Waals surface area contributed by atoms with Crippen LogP contribution in [0.1, 0.15) is 45.1 Å². The number of amidine groups is 2. The summed E-state index contributed by atoms with van der Waals surface area (Å²) in [6, 6.07) is 81.2. The molecule has 10 aromatic carbocycles. The third kappa shape index (κ3) is 5.58. The summed E-state index contributed by atoms with van der Waals surface area (Å²) in [4.78, 5) is 10.6. The molecule has 61 heavy (non-hydrogen) atoms. The second-order valence-corrected chi connectivity index (χ2v) is 16.1. The number of nitrogens with zero attached hydrogens (tertiary/aromatic N) is 2. The van der Waals surface area contributed by atoms with Crippen molar-refractivity contribution >= 4 is 44.0 Å². The van der Waals surface area contributed by atoms with Crippen molar-refractivity contribution in [3.8, 4) is 22.3 Å². The van der Waals surface area contributed by atoms with E-state index in [2.05, 4.69) is 224 Å². The zero-order chi connectivity index (χ0) is 40.3. The maximum absolute atomic E-state index is 5.37. The van der Waals surface area contributed by atoms with Gasteiger partial charge in [0.05, 0.1) is 5.41 Å². The molecule has 0 aromatic heterocycles.